The van der Waals surface area contributed by atoms with Crippen LogP contribution in [0.5, 0.6) is 0 Å². The standard InChI is InChI=1S/C6H13NO.C5H11NO4.C5H10O2/c1-5(2)6(4-8)7-3;1-9-4-2-3-5-10-6(7)8;1-5(2,3)7-4-6/h4-7H,1-3H3;2-5H2,1H3;4H,1-3H3. The van der Waals surface area contributed by atoms with E-state index in [4.69, 9.17) is 4.74 Å². The van der Waals surface area contributed by atoms with E-state index in [1.807, 2.05) is 34.6 Å². The molecule has 9 heteroatoms. The molecule has 25 heavy (non-hydrogen) atoms. The van der Waals surface area contributed by atoms with Crippen LogP contribution in [0.1, 0.15) is 47.5 Å². The summed E-state index contributed by atoms with van der Waals surface area (Å²) >= 11 is 0. The lowest BCUT2D eigenvalue weighted by Crippen LogP contribution is -2.31. The quantitative estimate of drug-likeness (QED) is 0.270. The number of carbonyl (C=O) groups is 2. The molecule has 0 heterocycles. The van der Waals surface area contributed by atoms with Gasteiger partial charge in [-0.1, -0.05) is 13.8 Å². The molecule has 0 bridgehead atoms. The Bertz CT molecular complexity index is 331. The van der Waals surface area contributed by atoms with E-state index >= 15 is 0 Å². The van der Waals surface area contributed by atoms with E-state index in [2.05, 4.69) is 14.9 Å². The topological polar surface area (TPSA) is 117 Å². The zero-order valence-corrected chi connectivity index (χ0v) is 16.4. The predicted molar refractivity (Wildman–Crippen MR) is 94.7 cm³/mol. The van der Waals surface area contributed by atoms with E-state index < -0.39 is 5.09 Å². The van der Waals surface area contributed by atoms with Crippen LogP contribution in [-0.2, 0) is 23.9 Å². The van der Waals surface area contributed by atoms with Crippen molar-refractivity contribution in [1.29, 1.82) is 0 Å². The number of hydrogen-bond acceptors (Lipinski definition) is 8. The Morgan fingerprint density at radius 1 is 1.16 bits per heavy atom. The molecule has 0 radical (unpaired) electrons. The second kappa shape index (κ2) is 18.6. The zero-order chi connectivity index (χ0) is 20.3. The fourth-order valence-corrected chi connectivity index (χ4v) is 1.19. The third-order valence-corrected chi connectivity index (χ3v) is 2.54. The summed E-state index contributed by atoms with van der Waals surface area (Å²) in [5, 5.41) is 11.7. The minimum absolute atomic E-state index is 0.0231. The van der Waals surface area contributed by atoms with E-state index in [1.54, 1.807) is 14.2 Å². The average molecular weight is 366 g/mol. The molecule has 1 N–H and O–H groups in total. The molecule has 0 aromatic heterocycles. The highest BCUT2D eigenvalue weighted by Gasteiger charge is 2.07. The third kappa shape index (κ3) is 30.7. The Hall–Kier alpha value is -1.74. The number of nitrogens with zero attached hydrogens (tertiary/aromatic N) is 1. The van der Waals surface area contributed by atoms with E-state index in [0.717, 1.165) is 12.7 Å². The van der Waals surface area contributed by atoms with Crippen LogP contribution >= 0.6 is 0 Å². The van der Waals surface area contributed by atoms with Gasteiger partial charge in [0.15, 0.2) is 0 Å². The monoisotopic (exact) mass is 366 g/mol. The number of aldehydes is 1. The summed E-state index contributed by atoms with van der Waals surface area (Å²) in [5.41, 5.74) is -0.318. The molecule has 0 aliphatic carbocycles. The van der Waals surface area contributed by atoms with Gasteiger partial charge in [-0.15, -0.1) is 10.1 Å². The maximum Gasteiger partial charge on any atom is 0.294 e. The fourth-order valence-electron chi connectivity index (χ4n) is 1.19. The van der Waals surface area contributed by atoms with E-state index in [-0.39, 0.29) is 18.2 Å². The lowest BCUT2D eigenvalue weighted by atomic mass is 10.1. The minimum Gasteiger partial charge on any atom is -0.462 e. The Labute approximate surface area is 150 Å². The van der Waals surface area contributed by atoms with Crippen molar-refractivity contribution in [3.63, 3.8) is 0 Å². The number of unbranched alkanes of at least 4 members (excludes halogenated alkanes) is 1. The summed E-state index contributed by atoms with van der Waals surface area (Å²) in [6.07, 6.45) is 2.39. The van der Waals surface area contributed by atoms with Crippen molar-refractivity contribution in [2.75, 3.05) is 27.4 Å². The van der Waals surface area contributed by atoms with E-state index in [1.165, 1.54) is 0 Å². The maximum absolute atomic E-state index is 10.1. The first-order valence-corrected chi connectivity index (χ1v) is 8.05. The van der Waals surface area contributed by atoms with Crippen molar-refractivity contribution in [2.45, 2.75) is 59.1 Å². The highest BCUT2D eigenvalue weighted by Crippen LogP contribution is 2.02. The highest BCUT2D eigenvalue weighted by molar-refractivity contribution is 5.57. The van der Waals surface area contributed by atoms with Crippen LogP contribution < -0.4 is 5.32 Å². The first-order chi connectivity index (χ1) is 11.5. The zero-order valence-electron chi connectivity index (χ0n) is 16.4. The summed E-state index contributed by atoms with van der Waals surface area (Å²) in [7, 11) is 3.38. The van der Waals surface area contributed by atoms with Crippen LogP contribution in [-0.4, -0.2) is 56.9 Å². The predicted octanol–water partition coefficient (Wildman–Crippen LogP) is 2.01. The number of ether oxygens (including phenoxy) is 2. The van der Waals surface area contributed by atoms with Gasteiger partial charge >= 0.3 is 0 Å². The van der Waals surface area contributed by atoms with Crippen molar-refractivity contribution in [3.8, 4) is 0 Å². The Morgan fingerprint density at radius 3 is 1.88 bits per heavy atom. The van der Waals surface area contributed by atoms with Crippen LogP contribution in [0.4, 0.5) is 0 Å². The van der Waals surface area contributed by atoms with Crippen LogP contribution in [0.15, 0.2) is 0 Å². The van der Waals surface area contributed by atoms with Gasteiger partial charge in [-0.2, -0.15) is 0 Å². The molecule has 0 rings (SSSR count). The van der Waals surface area contributed by atoms with Gasteiger partial charge in [0.1, 0.15) is 11.9 Å². The lowest BCUT2D eigenvalue weighted by molar-refractivity contribution is -0.757. The first kappa shape index (κ1) is 28.1. The minimum atomic E-state index is -0.785. The molecule has 0 aromatic carbocycles. The molecule has 0 fully saturated rings. The molecule has 0 saturated heterocycles. The van der Waals surface area contributed by atoms with E-state index in [0.29, 0.717) is 25.4 Å². The molecular weight excluding hydrogens is 332 g/mol. The van der Waals surface area contributed by atoms with Gasteiger partial charge in [-0.25, -0.2) is 0 Å². The summed E-state index contributed by atoms with van der Waals surface area (Å²) in [4.78, 5) is 33.4. The van der Waals surface area contributed by atoms with Crippen molar-refractivity contribution in [3.05, 3.63) is 10.1 Å². The van der Waals surface area contributed by atoms with Crippen LogP contribution in [0.25, 0.3) is 0 Å². The number of hydrogen-bond donors (Lipinski definition) is 1. The van der Waals surface area contributed by atoms with Gasteiger partial charge in [0.2, 0.25) is 0 Å². The molecule has 150 valence electrons. The third-order valence-electron chi connectivity index (χ3n) is 2.54. The van der Waals surface area contributed by atoms with Gasteiger partial charge in [0, 0.05) is 13.7 Å². The molecule has 0 aromatic rings. The van der Waals surface area contributed by atoms with Crippen LogP contribution in [0, 0.1) is 16.0 Å². The number of methoxy groups -OCH3 is 1. The van der Waals surface area contributed by atoms with Gasteiger partial charge in [0.05, 0.1) is 12.6 Å². The molecule has 1 atom stereocenters. The molecule has 0 aliphatic heterocycles. The fraction of sp³-hybridized carbons (Fsp3) is 0.875. The molecule has 0 aliphatic rings. The average Bonchev–Trinajstić information content (AvgIpc) is 2.47. The number of nitrogens with one attached hydrogen (secondary N) is 1. The number of carbonyl (C=O) groups excluding carboxylic acids is 2. The summed E-state index contributed by atoms with van der Waals surface area (Å²) in [5.74, 6) is 0.400. The Kier molecular flexibility index (Phi) is 20.9. The van der Waals surface area contributed by atoms with Crippen molar-refractivity contribution in [2.24, 2.45) is 5.92 Å². The molecule has 9 nitrogen and oxygen atoms in total. The normalized spacial score (nSPS) is 11.2. The second-order valence-corrected chi connectivity index (χ2v) is 6.28. The largest absolute Gasteiger partial charge is 0.462 e. The smallest absolute Gasteiger partial charge is 0.294 e. The van der Waals surface area contributed by atoms with Gasteiger partial charge in [-0.3, -0.25) is 4.79 Å². The number of likely N-dealkylation sites (N-methyl/N-ethyl adjacent to an activating group) is 1. The summed E-state index contributed by atoms with van der Waals surface area (Å²) < 4.78 is 9.27. The van der Waals surface area contributed by atoms with Crippen LogP contribution in [0.3, 0.4) is 0 Å². The second-order valence-electron chi connectivity index (χ2n) is 6.28. The summed E-state index contributed by atoms with van der Waals surface area (Å²) in [6.45, 7) is 10.7. The first-order valence-electron chi connectivity index (χ1n) is 8.05. The van der Waals surface area contributed by atoms with Crippen molar-refractivity contribution >= 4 is 12.8 Å². The highest BCUT2D eigenvalue weighted by atomic mass is 16.9. The molecule has 0 spiro atoms. The van der Waals surface area contributed by atoms with Crippen molar-refractivity contribution in [1.82, 2.24) is 5.32 Å². The van der Waals surface area contributed by atoms with Gasteiger partial charge in [0.25, 0.3) is 11.6 Å². The molecular formula is C16H34N2O7. The lowest BCUT2D eigenvalue weighted by Gasteiger charge is -2.14. The SMILES string of the molecule is CC(C)(C)OC=O.CNC(C=O)C(C)C.COCCCCO[N+](=O)[O-]. The van der Waals surface area contributed by atoms with Crippen molar-refractivity contribution < 1.29 is 29.0 Å². The summed E-state index contributed by atoms with van der Waals surface area (Å²) in [6, 6.07) is 0.0231. The Morgan fingerprint density at radius 2 is 1.68 bits per heavy atom. The molecule has 1 unspecified atom stereocenters. The Balaban J connectivity index is -0.000000296. The van der Waals surface area contributed by atoms with Gasteiger partial charge < -0.3 is 24.4 Å². The molecule has 0 saturated carbocycles. The van der Waals surface area contributed by atoms with Gasteiger partial charge in [-0.05, 0) is 46.6 Å². The van der Waals surface area contributed by atoms with Crippen LogP contribution in [0.2, 0.25) is 0 Å². The maximum atomic E-state index is 10.1. The molecule has 0 amide bonds. The number of rotatable bonds is 10. The van der Waals surface area contributed by atoms with E-state index in [9.17, 15) is 19.7 Å².